The van der Waals surface area contributed by atoms with Crippen molar-refractivity contribution in [2.45, 2.75) is 82.9 Å². The van der Waals surface area contributed by atoms with Gasteiger partial charge in [-0.05, 0) is 60.8 Å². The number of aliphatic hydroxyl groups excluding tert-OH is 3. The summed E-state index contributed by atoms with van der Waals surface area (Å²) in [4.78, 5) is 11.4. The molecule has 6 heteroatoms. The van der Waals surface area contributed by atoms with Crippen LogP contribution in [-0.2, 0) is 9.53 Å². The summed E-state index contributed by atoms with van der Waals surface area (Å²) in [5.74, 6) is 1.85. The number of carbonyl (C=O) groups is 1. The molecule has 0 heterocycles. The number of terminal acetylenes is 1. The van der Waals surface area contributed by atoms with Crippen LogP contribution < -0.4 is 0 Å². The molecule has 4 aliphatic carbocycles. The molecule has 0 bridgehead atoms. The molecule has 160 valence electrons. The van der Waals surface area contributed by atoms with Gasteiger partial charge in [0.1, 0.15) is 12.2 Å². The van der Waals surface area contributed by atoms with Crippen molar-refractivity contribution in [1.82, 2.24) is 0 Å². The van der Waals surface area contributed by atoms with Crippen LogP contribution in [0, 0.1) is 40.9 Å². The van der Waals surface area contributed by atoms with Crippen LogP contribution in [0.2, 0.25) is 0 Å². The zero-order chi connectivity index (χ0) is 21.4. The van der Waals surface area contributed by atoms with E-state index in [0.29, 0.717) is 19.3 Å². The van der Waals surface area contributed by atoms with Crippen LogP contribution in [-0.4, -0.2) is 56.4 Å². The van der Waals surface area contributed by atoms with Crippen molar-refractivity contribution in [1.29, 1.82) is 0 Å². The van der Waals surface area contributed by atoms with Crippen LogP contribution in [0.25, 0.3) is 0 Å². The van der Waals surface area contributed by atoms with Gasteiger partial charge in [-0.1, -0.05) is 25.8 Å². The smallest absolute Gasteiger partial charge is 0.303 e. The molecule has 6 nitrogen and oxygen atoms in total. The van der Waals surface area contributed by atoms with Crippen LogP contribution in [0.1, 0.15) is 52.9 Å². The molecule has 4 rings (SSSR count). The summed E-state index contributed by atoms with van der Waals surface area (Å²) >= 11 is 0. The quantitative estimate of drug-likeness (QED) is 0.297. The lowest BCUT2D eigenvalue weighted by Gasteiger charge is -2.60. The third kappa shape index (κ3) is 2.61. The monoisotopic (exact) mass is 404 g/mol. The molecular weight excluding hydrogens is 372 g/mol. The molecule has 3 fully saturated rings. The third-order valence-corrected chi connectivity index (χ3v) is 8.93. The minimum Gasteiger partial charge on any atom is -0.459 e. The molecule has 0 aliphatic heterocycles. The van der Waals surface area contributed by atoms with Gasteiger partial charge in [-0.3, -0.25) is 4.79 Å². The highest BCUT2D eigenvalue weighted by atomic mass is 16.6. The van der Waals surface area contributed by atoms with E-state index in [1.54, 1.807) is 6.08 Å². The molecule has 0 saturated heterocycles. The second-order valence-corrected chi connectivity index (χ2v) is 10.1. The van der Waals surface area contributed by atoms with Gasteiger partial charge >= 0.3 is 5.97 Å². The minimum absolute atomic E-state index is 0.0934. The predicted octanol–water partition coefficient (Wildman–Crippen LogP) is 1.16. The Labute approximate surface area is 172 Å². The van der Waals surface area contributed by atoms with Gasteiger partial charge in [-0.15, -0.1) is 6.42 Å². The topological polar surface area (TPSA) is 107 Å². The van der Waals surface area contributed by atoms with E-state index in [1.807, 2.05) is 6.92 Å². The number of fused-ring (bicyclic) bond motifs is 5. The Kier molecular flexibility index (Phi) is 4.71. The highest BCUT2D eigenvalue weighted by molar-refractivity contribution is 5.66. The van der Waals surface area contributed by atoms with Gasteiger partial charge in [-0.2, -0.15) is 0 Å². The molecule has 0 amide bonds. The number of hydrogen-bond acceptors (Lipinski definition) is 6. The van der Waals surface area contributed by atoms with Crippen molar-refractivity contribution in [3.8, 4) is 12.3 Å². The molecule has 3 saturated carbocycles. The van der Waals surface area contributed by atoms with E-state index in [2.05, 4.69) is 12.8 Å². The van der Waals surface area contributed by atoms with Gasteiger partial charge < -0.3 is 25.2 Å². The zero-order valence-corrected chi connectivity index (χ0v) is 17.3. The number of aliphatic hydroxyl groups is 4. The summed E-state index contributed by atoms with van der Waals surface area (Å²) in [7, 11) is 0. The van der Waals surface area contributed by atoms with Gasteiger partial charge in [0.15, 0.2) is 5.60 Å². The SMILES string of the molecule is C#C[C@]1(O)[C@H](O)C[C@H]2[C@@H]3[C@@H](O)C=C4[C@@H](O)[C@@H](OC(C)=O)CC[C@]4(C)[C@H]3CC[C@@]21C. The summed E-state index contributed by atoms with van der Waals surface area (Å²) in [5, 5.41) is 43.7. The van der Waals surface area contributed by atoms with Crippen molar-refractivity contribution in [3.63, 3.8) is 0 Å². The van der Waals surface area contributed by atoms with Crippen LogP contribution in [0.4, 0.5) is 0 Å². The molecule has 0 aromatic heterocycles. The molecule has 10 atom stereocenters. The maximum absolute atomic E-state index is 11.4. The molecule has 0 aromatic rings. The Morgan fingerprint density at radius 3 is 2.52 bits per heavy atom. The number of ether oxygens (including phenoxy) is 1. The van der Waals surface area contributed by atoms with E-state index in [4.69, 9.17) is 11.2 Å². The summed E-state index contributed by atoms with van der Waals surface area (Å²) in [6.07, 6.45) is 7.07. The van der Waals surface area contributed by atoms with Crippen molar-refractivity contribution >= 4 is 5.97 Å². The van der Waals surface area contributed by atoms with Crippen LogP contribution in [0.5, 0.6) is 0 Å². The summed E-state index contributed by atoms with van der Waals surface area (Å²) < 4.78 is 5.31. The average Bonchev–Trinajstić information content (AvgIpc) is 2.86. The maximum atomic E-state index is 11.4. The van der Waals surface area contributed by atoms with Crippen molar-refractivity contribution in [3.05, 3.63) is 11.6 Å². The fourth-order valence-electron chi connectivity index (χ4n) is 7.30. The molecule has 0 spiro atoms. The van der Waals surface area contributed by atoms with Crippen molar-refractivity contribution in [2.75, 3.05) is 0 Å². The molecule has 0 radical (unpaired) electrons. The van der Waals surface area contributed by atoms with Crippen molar-refractivity contribution in [2.24, 2.45) is 28.6 Å². The van der Waals surface area contributed by atoms with Gasteiger partial charge in [0, 0.05) is 12.3 Å². The molecule has 0 unspecified atom stereocenters. The fourth-order valence-corrected chi connectivity index (χ4v) is 7.30. The highest BCUT2D eigenvalue weighted by Gasteiger charge is 2.68. The normalized spacial score (nSPS) is 53.7. The zero-order valence-electron chi connectivity index (χ0n) is 17.3. The highest BCUT2D eigenvalue weighted by Crippen LogP contribution is 2.67. The van der Waals surface area contributed by atoms with Crippen LogP contribution in [0.3, 0.4) is 0 Å². The maximum Gasteiger partial charge on any atom is 0.303 e. The van der Waals surface area contributed by atoms with Gasteiger partial charge in [0.2, 0.25) is 0 Å². The first-order valence-electron chi connectivity index (χ1n) is 10.6. The summed E-state index contributed by atoms with van der Waals surface area (Å²) in [6.45, 7) is 5.39. The van der Waals surface area contributed by atoms with E-state index < -0.39 is 41.4 Å². The van der Waals surface area contributed by atoms with E-state index in [1.165, 1.54) is 6.92 Å². The van der Waals surface area contributed by atoms with E-state index in [9.17, 15) is 25.2 Å². The largest absolute Gasteiger partial charge is 0.459 e. The molecule has 4 aliphatic rings. The third-order valence-electron chi connectivity index (χ3n) is 8.93. The first kappa shape index (κ1) is 20.9. The van der Waals surface area contributed by atoms with Crippen LogP contribution >= 0.6 is 0 Å². The van der Waals surface area contributed by atoms with Gasteiger partial charge in [0.25, 0.3) is 0 Å². The van der Waals surface area contributed by atoms with Crippen LogP contribution in [0.15, 0.2) is 11.6 Å². The standard InChI is InChI=1S/C23H32O6/c1-5-23(28)18(26)11-14-19-13(6-9-22(14,23)4)21(3)8-7-17(29-12(2)24)20(27)15(21)10-16(19)25/h1,10,13-14,16-20,25-28H,6-9,11H2,2-4H3/t13-,14-,16-,17-,18+,19+,20+,21+,22-,23-/m0/s1. The second-order valence-electron chi connectivity index (χ2n) is 10.1. The molecule has 29 heavy (non-hydrogen) atoms. The van der Waals surface area contributed by atoms with E-state index in [0.717, 1.165) is 18.4 Å². The fraction of sp³-hybridized carbons (Fsp3) is 0.783. The summed E-state index contributed by atoms with van der Waals surface area (Å²) in [5.41, 5.74) is -1.85. The van der Waals surface area contributed by atoms with Crippen molar-refractivity contribution < 1.29 is 30.0 Å². The number of rotatable bonds is 1. The number of carbonyl (C=O) groups excluding carboxylic acids is 1. The predicted molar refractivity (Wildman–Crippen MR) is 105 cm³/mol. The lowest BCUT2D eigenvalue weighted by molar-refractivity contribution is -0.161. The Hall–Kier alpha value is -1.39. The number of hydrogen-bond donors (Lipinski definition) is 4. The second kappa shape index (κ2) is 6.55. The summed E-state index contributed by atoms with van der Waals surface area (Å²) in [6, 6.07) is 0. The van der Waals surface area contributed by atoms with E-state index in [-0.39, 0.29) is 23.2 Å². The van der Waals surface area contributed by atoms with E-state index >= 15 is 0 Å². The average molecular weight is 405 g/mol. The lowest BCUT2D eigenvalue weighted by Crippen LogP contribution is -2.60. The minimum atomic E-state index is -1.60. The number of esters is 1. The van der Waals surface area contributed by atoms with Gasteiger partial charge in [-0.25, -0.2) is 0 Å². The molecule has 4 N–H and O–H groups in total. The Bertz CT molecular complexity index is 785. The Balaban J connectivity index is 1.72. The Morgan fingerprint density at radius 1 is 1.21 bits per heavy atom. The molecule has 0 aromatic carbocycles. The Morgan fingerprint density at radius 2 is 1.90 bits per heavy atom. The first-order chi connectivity index (χ1) is 13.5. The first-order valence-corrected chi connectivity index (χ1v) is 10.6. The lowest BCUT2D eigenvalue weighted by atomic mass is 9.46. The van der Waals surface area contributed by atoms with Gasteiger partial charge in [0.05, 0.1) is 12.2 Å². The molecular formula is C23H32O6.